The minimum absolute atomic E-state index is 0.214. The van der Waals surface area contributed by atoms with Crippen molar-refractivity contribution in [2.45, 2.75) is 44.4 Å². The Balaban J connectivity index is 1.64. The summed E-state index contributed by atoms with van der Waals surface area (Å²) in [4.78, 5) is 0. The molecule has 1 aliphatic rings. The molecule has 3 nitrogen and oxygen atoms in total. The number of fused-ring (bicyclic) bond motifs is 1. The first-order valence-corrected chi connectivity index (χ1v) is 12.8. The van der Waals surface area contributed by atoms with Gasteiger partial charge in [0.2, 0.25) is 6.10 Å². The first-order valence-electron chi connectivity index (χ1n) is 12.4. The summed E-state index contributed by atoms with van der Waals surface area (Å²) in [7, 11) is 1.91. The lowest BCUT2D eigenvalue weighted by molar-refractivity contribution is -0.208. The Hall–Kier alpha value is -3.32. The summed E-state index contributed by atoms with van der Waals surface area (Å²) < 4.78 is 57.3. The van der Waals surface area contributed by atoms with Gasteiger partial charge in [0, 0.05) is 36.1 Å². The maximum atomic E-state index is 14.8. The third-order valence-electron chi connectivity index (χ3n) is 6.95. The Morgan fingerprint density at radius 3 is 2.27 bits per heavy atom. The molecule has 0 bridgehead atoms. The Morgan fingerprint density at radius 2 is 1.65 bits per heavy atom. The quantitative estimate of drug-likeness (QED) is 0.227. The molecule has 7 heteroatoms. The highest BCUT2D eigenvalue weighted by molar-refractivity contribution is 7.79. The van der Waals surface area contributed by atoms with Crippen LogP contribution in [0.15, 0.2) is 78.9 Å². The van der Waals surface area contributed by atoms with Gasteiger partial charge in [-0.05, 0) is 54.2 Å². The monoisotopic (exact) mass is 523 g/mol. The van der Waals surface area contributed by atoms with Gasteiger partial charge in [0.25, 0.3) is 0 Å². The smallest absolute Gasteiger partial charge is 0.426 e. The van der Waals surface area contributed by atoms with Crippen molar-refractivity contribution in [2.24, 2.45) is 13.0 Å². The molecule has 0 aliphatic heterocycles. The van der Waals surface area contributed by atoms with E-state index in [1.807, 2.05) is 67.1 Å². The molecule has 1 aliphatic carbocycles. The lowest BCUT2D eigenvalue weighted by atomic mass is 9.84. The number of halogens is 3. The zero-order valence-corrected chi connectivity index (χ0v) is 21.5. The van der Waals surface area contributed by atoms with E-state index >= 15 is 0 Å². The number of rotatable bonds is 7. The van der Waals surface area contributed by atoms with Crippen LogP contribution in [0.3, 0.4) is 0 Å². The minimum Gasteiger partial charge on any atom is -0.443 e. The fourth-order valence-corrected chi connectivity index (χ4v) is 5.29. The van der Waals surface area contributed by atoms with Gasteiger partial charge < -0.3 is 14.0 Å². The van der Waals surface area contributed by atoms with E-state index in [2.05, 4.69) is 0 Å². The summed E-state index contributed by atoms with van der Waals surface area (Å²) in [5.74, 6) is -0.421. The van der Waals surface area contributed by atoms with Gasteiger partial charge >= 0.3 is 11.4 Å². The van der Waals surface area contributed by atoms with Gasteiger partial charge in [-0.1, -0.05) is 73.5 Å². The molecule has 4 aromatic rings. The Labute approximate surface area is 219 Å². The Bertz CT molecular complexity index is 1400. The second kappa shape index (κ2) is 10.2. The molecule has 5 rings (SSSR count). The zero-order valence-electron chi connectivity index (χ0n) is 20.7. The summed E-state index contributed by atoms with van der Waals surface area (Å²) in [5.41, 5.74) is 4.19. The second-order valence-corrected chi connectivity index (χ2v) is 10.1. The molecule has 192 valence electrons. The minimum atomic E-state index is -4.66. The van der Waals surface area contributed by atoms with Crippen LogP contribution in [0.2, 0.25) is 0 Å². The van der Waals surface area contributed by atoms with Crippen LogP contribution < -0.4 is 4.74 Å². The van der Waals surface area contributed by atoms with E-state index in [-0.39, 0.29) is 5.92 Å². The van der Waals surface area contributed by atoms with Crippen LogP contribution >= 0.6 is 12.2 Å². The molecule has 37 heavy (non-hydrogen) atoms. The number of aromatic nitrogens is 1. The number of hydrogen-bond donors (Lipinski definition) is 0. The van der Waals surface area contributed by atoms with Gasteiger partial charge in [-0.25, -0.2) is 0 Å². The van der Waals surface area contributed by atoms with Crippen molar-refractivity contribution in [1.29, 1.82) is 0 Å². The Kier molecular flexibility index (Phi) is 6.99. The summed E-state index contributed by atoms with van der Waals surface area (Å²) >= 11 is 5.17. The van der Waals surface area contributed by atoms with E-state index in [0.717, 1.165) is 40.6 Å². The van der Waals surface area contributed by atoms with Crippen molar-refractivity contribution in [3.05, 3.63) is 90.0 Å². The molecule has 0 radical (unpaired) electrons. The molecule has 0 N–H and O–H groups in total. The molecule has 2 unspecified atom stereocenters. The predicted molar refractivity (Wildman–Crippen MR) is 144 cm³/mol. The van der Waals surface area contributed by atoms with E-state index in [9.17, 15) is 13.2 Å². The number of alkyl halides is 3. The zero-order chi connectivity index (χ0) is 26.2. The van der Waals surface area contributed by atoms with E-state index in [4.69, 9.17) is 21.7 Å². The standard InChI is InChI=1S/C30H28F3NO2S/c1-19-13-16-23-25(17-19)34(2)27(21-9-5-3-6-10-21)26(23)24(18-20-14-15-20)28(30(31,32)33)36-29(37)35-22-11-7-4-8-12-22/h3-13,16-17,20,24,28H,14-15,18H2,1-2H3. The van der Waals surface area contributed by atoms with Gasteiger partial charge in [-0.2, -0.15) is 13.2 Å². The number of nitrogens with zero attached hydrogens (tertiary/aromatic N) is 1. The number of thiocarbonyl (C=S) groups is 1. The van der Waals surface area contributed by atoms with Gasteiger partial charge in [-0.3, -0.25) is 0 Å². The van der Waals surface area contributed by atoms with E-state index < -0.39 is 23.4 Å². The first-order chi connectivity index (χ1) is 17.7. The maximum Gasteiger partial charge on any atom is 0.426 e. The molecular formula is C30H28F3NO2S. The normalized spacial score (nSPS) is 15.4. The number of hydrogen-bond acceptors (Lipinski definition) is 3. The number of para-hydroxylation sites is 1. The van der Waals surface area contributed by atoms with Crippen LogP contribution in [0, 0.1) is 12.8 Å². The van der Waals surface area contributed by atoms with E-state index in [1.54, 1.807) is 30.3 Å². The molecule has 1 aromatic heterocycles. The van der Waals surface area contributed by atoms with Crippen molar-refractivity contribution in [1.82, 2.24) is 4.57 Å². The predicted octanol–water partition coefficient (Wildman–Crippen LogP) is 8.35. The lowest BCUT2D eigenvalue weighted by Crippen LogP contribution is -2.40. The second-order valence-electron chi connectivity index (χ2n) is 9.74. The molecule has 1 heterocycles. The van der Waals surface area contributed by atoms with E-state index in [1.165, 1.54) is 0 Å². The van der Waals surface area contributed by atoms with Crippen LogP contribution in [-0.4, -0.2) is 22.1 Å². The number of ether oxygens (including phenoxy) is 2. The van der Waals surface area contributed by atoms with Crippen LogP contribution in [0.25, 0.3) is 22.2 Å². The van der Waals surface area contributed by atoms with Crippen molar-refractivity contribution in [2.75, 3.05) is 0 Å². The van der Waals surface area contributed by atoms with Crippen molar-refractivity contribution < 1.29 is 22.6 Å². The largest absolute Gasteiger partial charge is 0.443 e. The summed E-state index contributed by atoms with van der Waals surface area (Å²) in [6, 6.07) is 24.0. The van der Waals surface area contributed by atoms with Gasteiger partial charge in [0.15, 0.2) is 0 Å². The molecular weight excluding hydrogens is 495 g/mol. The molecule has 1 fully saturated rings. The lowest BCUT2D eigenvalue weighted by Gasteiger charge is -2.30. The first kappa shape index (κ1) is 25.3. The fraction of sp³-hybridized carbons (Fsp3) is 0.300. The fourth-order valence-electron chi connectivity index (χ4n) is 5.09. The van der Waals surface area contributed by atoms with Crippen molar-refractivity contribution >= 4 is 28.4 Å². The molecule has 3 aromatic carbocycles. The van der Waals surface area contributed by atoms with Gasteiger partial charge in [0.1, 0.15) is 5.75 Å². The van der Waals surface area contributed by atoms with Gasteiger partial charge in [-0.15, -0.1) is 0 Å². The molecule has 0 amide bonds. The third kappa shape index (κ3) is 5.52. The topological polar surface area (TPSA) is 23.4 Å². The number of benzene rings is 3. The third-order valence-corrected chi connectivity index (χ3v) is 7.13. The maximum absolute atomic E-state index is 14.8. The average molecular weight is 524 g/mol. The van der Waals surface area contributed by atoms with Crippen molar-refractivity contribution in [3.63, 3.8) is 0 Å². The van der Waals surface area contributed by atoms with Crippen LogP contribution in [0.4, 0.5) is 13.2 Å². The van der Waals surface area contributed by atoms with Gasteiger partial charge in [0.05, 0.1) is 5.69 Å². The molecule has 1 saturated carbocycles. The average Bonchev–Trinajstić information content (AvgIpc) is 3.65. The SMILES string of the molecule is Cc1ccc2c(C(CC3CC3)C(OC(=S)Oc3ccccc3)C(F)(F)F)c(-c3ccccc3)n(C)c2c1. The van der Waals surface area contributed by atoms with Crippen LogP contribution in [0.1, 0.15) is 36.3 Å². The van der Waals surface area contributed by atoms with Crippen molar-refractivity contribution in [3.8, 4) is 17.0 Å². The Morgan fingerprint density at radius 1 is 1.00 bits per heavy atom. The highest BCUT2D eigenvalue weighted by Gasteiger charge is 2.51. The molecule has 2 atom stereocenters. The summed E-state index contributed by atoms with van der Waals surface area (Å²) in [6.45, 7) is 1.98. The molecule has 0 saturated heterocycles. The molecule has 0 spiro atoms. The van der Waals surface area contributed by atoms with Crippen LogP contribution in [-0.2, 0) is 11.8 Å². The highest BCUT2D eigenvalue weighted by Crippen LogP contribution is 2.49. The highest BCUT2D eigenvalue weighted by atomic mass is 32.1. The van der Waals surface area contributed by atoms with Crippen LogP contribution in [0.5, 0.6) is 5.75 Å². The number of aryl methyl sites for hydroxylation is 2. The summed E-state index contributed by atoms with van der Waals surface area (Å²) in [5, 5.41) is 0.261. The summed E-state index contributed by atoms with van der Waals surface area (Å²) in [6.07, 6.45) is -4.64. The van der Waals surface area contributed by atoms with E-state index in [0.29, 0.717) is 17.7 Å².